The van der Waals surface area contributed by atoms with Crippen molar-refractivity contribution in [2.75, 3.05) is 19.9 Å². The highest BCUT2D eigenvalue weighted by atomic mass is 32.2. The maximum absolute atomic E-state index is 14.4. The number of fused-ring (bicyclic) bond motifs is 1. The molecule has 1 aliphatic heterocycles. The molecule has 2 fully saturated rings. The largest absolute Gasteiger partial charge is 0.497 e. The van der Waals surface area contributed by atoms with Gasteiger partial charge in [-0.15, -0.1) is 0 Å². The zero-order valence-electron chi connectivity index (χ0n) is 31.4. The van der Waals surface area contributed by atoms with E-state index >= 15 is 0 Å². The minimum absolute atomic E-state index is 0.0312. The molecule has 0 spiro atoms. The van der Waals surface area contributed by atoms with Crippen LogP contribution in [0.15, 0.2) is 54.6 Å². The Hall–Kier alpha value is -4.92. The highest BCUT2D eigenvalue weighted by molar-refractivity contribution is 7.89. The number of aromatic nitrogens is 1. The van der Waals surface area contributed by atoms with Crippen molar-refractivity contribution in [1.29, 1.82) is 0 Å². The summed E-state index contributed by atoms with van der Waals surface area (Å²) in [6, 6.07) is 14.6. The van der Waals surface area contributed by atoms with Crippen LogP contribution in [0.3, 0.4) is 0 Å². The average molecular weight is 752 g/mol. The third-order valence-corrected chi connectivity index (χ3v) is 9.98. The molecule has 1 saturated carbocycles. The first-order chi connectivity index (χ1) is 24.8. The van der Waals surface area contributed by atoms with Gasteiger partial charge in [0.2, 0.25) is 21.8 Å². The lowest BCUT2D eigenvalue weighted by Gasteiger charge is -2.31. The standard InChI is InChI=1S/C38H49N5O9S/c1-9-24-20-38(24,35(46)42-53(8,48)49)41-33(44)30-18-26(21-43(30)34(45)32(22(2)3)40-36(47)52-37(4,5)6)51-31-19-28(23-13-11-10-12-14-23)39-29-17-25(50-7)15-16-27(29)31/h10-17,19,22,24,26,30,32H,9,18,20-21H2,1-8H3,(H,40,47)(H,41,44)(H,42,46)/t24?,26-,30+,32+,38?/m1/s1. The Morgan fingerprint density at radius 2 is 1.75 bits per heavy atom. The lowest BCUT2D eigenvalue weighted by Crippen LogP contribution is -2.59. The van der Waals surface area contributed by atoms with Crippen LogP contribution in [0.2, 0.25) is 0 Å². The number of hydrogen-bond acceptors (Lipinski definition) is 10. The molecule has 5 rings (SSSR count). The number of benzene rings is 2. The van der Waals surface area contributed by atoms with E-state index in [1.807, 2.05) is 54.1 Å². The molecule has 4 amide bonds. The predicted octanol–water partition coefficient (Wildman–Crippen LogP) is 4.17. The summed E-state index contributed by atoms with van der Waals surface area (Å²) in [5, 5.41) is 6.18. The van der Waals surface area contributed by atoms with Gasteiger partial charge in [0.1, 0.15) is 40.8 Å². The van der Waals surface area contributed by atoms with Crippen molar-refractivity contribution in [1.82, 2.24) is 25.2 Å². The highest BCUT2D eigenvalue weighted by Crippen LogP contribution is 2.46. The molecule has 14 nitrogen and oxygen atoms in total. The first-order valence-electron chi connectivity index (χ1n) is 17.7. The number of carbonyl (C=O) groups excluding carboxylic acids is 4. The molecule has 15 heteroatoms. The van der Waals surface area contributed by atoms with Crippen LogP contribution in [0.4, 0.5) is 4.79 Å². The van der Waals surface area contributed by atoms with E-state index in [4.69, 9.17) is 19.2 Å². The number of carbonyl (C=O) groups is 4. The second-order valence-electron chi connectivity index (χ2n) is 15.1. The van der Waals surface area contributed by atoms with Gasteiger partial charge in [-0.05, 0) is 51.2 Å². The van der Waals surface area contributed by atoms with E-state index in [1.165, 1.54) is 4.90 Å². The number of hydrogen-bond donors (Lipinski definition) is 3. The van der Waals surface area contributed by atoms with Crippen LogP contribution in [0, 0.1) is 11.8 Å². The number of likely N-dealkylation sites (tertiary alicyclic amines) is 1. The van der Waals surface area contributed by atoms with Crippen LogP contribution in [-0.2, 0) is 29.1 Å². The third kappa shape index (κ3) is 9.18. The summed E-state index contributed by atoms with van der Waals surface area (Å²) in [7, 11) is -2.35. The first-order valence-corrected chi connectivity index (χ1v) is 19.6. The molecule has 0 bridgehead atoms. The number of pyridine rings is 1. The van der Waals surface area contributed by atoms with E-state index in [0.717, 1.165) is 11.8 Å². The number of rotatable bonds is 12. The van der Waals surface area contributed by atoms with Gasteiger partial charge < -0.3 is 29.7 Å². The van der Waals surface area contributed by atoms with E-state index in [9.17, 15) is 27.6 Å². The van der Waals surface area contributed by atoms with Crippen LogP contribution < -0.4 is 24.8 Å². The molecule has 1 aliphatic carbocycles. The zero-order chi connectivity index (χ0) is 38.9. The summed E-state index contributed by atoms with van der Waals surface area (Å²) in [5.74, 6) is -1.64. The molecule has 53 heavy (non-hydrogen) atoms. The maximum atomic E-state index is 14.4. The minimum atomic E-state index is -3.91. The molecular weight excluding hydrogens is 703 g/mol. The van der Waals surface area contributed by atoms with Gasteiger partial charge in [0, 0.05) is 29.5 Å². The number of ether oxygens (including phenoxy) is 3. The van der Waals surface area contributed by atoms with Crippen molar-refractivity contribution in [3.05, 3.63) is 54.6 Å². The molecule has 286 valence electrons. The fourth-order valence-electron chi connectivity index (χ4n) is 6.71. The summed E-state index contributed by atoms with van der Waals surface area (Å²) < 4.78 is 43.5. The Bertz CT molecular complexity index is 1980. The fraction of sp³-hybridized carbons (Fsp3) is 0.500. The number of nitrogens with one attached hydrogen (secondary N) is 3. The van der Waals surface area contributed by atoms with E-state index in [0.29, 0.717) is 34.5 Å². The summed E-state index contributed by atoms with van der Waals surface area (Å²) in [6.45, 7) is 10.5. The van der Waals surface area contributed by atoms with Crippen molar-refractivity contribution >= 4 is 44.7 Å². The number of nitrogens with zero attached hydrogens (tertiary/aromatic N) is 2. The summed E-state index contributed by atoms with van der Waals surface area (Å²) in [6.07, 6.45) is 0.160. The maximum Gasteiger partial charge on any atom is 0.408 e. The molecule has 3 N–H and O–H groups in total. The van der Waals surface area contributed by atoms with Crippen molar-refractivity contribution in [3.63, 3.8) is 0 Å². The second kappa shape index (κ2) is 15.2. The van der Waals surface area contributed by atoms with E-state index in [-0.39, 0.29) is 25.3 Å². The predicted molar refractivity (Wildman–Crippen MR) is 199 cm³/mol. The summed E-state index contributed by atoms with van der Waals surface area (Å²) in [4.78, 5) is 61.0. The third-order valence-electron chi connectivity index (χ3n) is 9.42. The van der Waals surface area contributed by atoms with Gasteiger partial charge in [-0.25, -0.2) is 18.2 Å². The smallest absolute Gasteiger partial charge is 0.408 e. The number of amides is 4. The van der Waals surface area contributed by atoms with E-state index < -0.39 is 69.1 Å². The number of methoxy groups -OCH3 is 1. The Morgan fingerprint density at radius 1 is 1.06 bits per heavy atom. The van der Waals surface area contributed by atoms with Gasteiger partial charge in [-0.2, -0.15) is 0 Å². The van der Waals surface area contributed by atoms with Gasteiger partial charge in [-0.1, -0.05) is 57.5 Å². The molecule has 1 aromatic heterocycles. The summed E-state index contributed by atoms with van der Waals surface area (Å²) in [5.41, 5.74) is -0.176. The molecule has 5 atom stereocenters. The Balaban J connectivity index is 1.50. The van der Waals surface area contributed by atoms with Crippen molar-refractivity contribution in [3.8, 4) is 22.8 Å². The van der Waals surface area contributed by atoms with E-state index in [2.05, 4.69) is 10.6 Å². The quantitative estimate of drug-likeness (QED) is 0.243. The van der Waals surface area contributed by atoms with Gasteiger partial charge in [-0.3, -0.25) is 19.1 Å². The van der Waals surface area contributed by atoms with Crippen LogP contribution >= 0.6 is 0 Å². The minimum Gasteiger partial charge on any atom is -0.497 e. The molecule has 0 radical (unpaired) electrons. The summed E-state index contributed by atoms with van der Waals surface area (Å²) >= 11 is 0. The molecule has 1 saturated heterocycles. The molecule has 2 unspecified atom stereocenters. The average Bonchev–Trinajstić information content (AvgIpc) is 3.64. The monoisotopic (exact) mass is 751 g/mol. The van der Waals surface area contributed by atoms with Crippen LogP contribution in [0.1, 0.15) is 60.8 Å². The molecule has 2 heterocycles. The van der Waals surface area contributed by atoms with Crippen LogP contribution in [-0.4, -0.2) is 91.4 Å². The van der Waals surface area contributed by atoms with Crippen LogP contribution in [0.25, 0.3) is 22.2 Å². The lowest BCUT2D eigenvalue weighted by atomic mass is 10.0. The van der Waals surface area contributed by atoms with E-state index in [1.54, 1.807) is 53.9 Å². The number of sulfonamides is 1. The normalized spacial score (nSPS) is 21.8. The zero-order valence-corrected chi connectivity index (χ0v) is 32.2. The van der Waals surface area contributed by atoms with Gasteiger partial charge >= 0.3 is 6.09 Å². The molecular formula is C38H49N5O9S. The van der Waals surface area contributed by atoms with Gasteiger partial charge in [0.05, 0.1) is 31.1 Å². The molecule has 2 aliphatic rings. The van der Waals surface area contributed by atoms with Gasteiger partial charge in [0.15, 0.2) is 0 Å². The van der Waals surface area contributed by atoms with Crippen molar-refractivity contribution in [2.24, 2.45) is 11.8 Å². The lowest BCUT2D eigenvalue weighted by molar-refractivity contribution is -0.142. The topological polar surface area (TPSA) is 182 Å². The first kappa shape index (κ1) is 39.3. The molecule has 3 aromatic rings. The van der Waals surface area contributed by atoms with Crippen molar-refractivity contribution < 1.29 is 41.8 Å². The van der Waals surface area contributed by atoms with Gasteiger partial charge in [0.25, 0.3) is 5.91 Å². The number of alkyl carbamates (subject to hydrolysis) is 1. The Labute approximate surface area is 310 Å². The Morgan fingerprint density at radius 3 is 2.34 bits per heavy atom. The second-order valence-corrected chi connectivity index (χ2v) is 16.8. The Kier molecular flexibility index (Phi) is 11.3. The highest BCUT2D eigenvalue weighted by Gasteiger charge is 2.61. The SMILES string of the molecule is CCC1CC1(NC(=O)[C@@H]1C[C@@H](Oc2cc(-c3ccccc3)nc3cc(OC)ccc23)CN1C(=O)[C@@H](NC(=O)OC(C)(C)C)C(C)C)C(=O)NS(C)(=O)=O. The van der Waals surface area contributed by atoms with Crippen LogP contribution in [0.5, 0.6) is 11.5 Å². The fourth-order valence-corrected chi connectivity index (χ4v) is 7.23. The molecule has 2 aromatic carbocycles. The van der Waals surface area contributed by atoms with Crippen molar-refractivity contribution in [2.45, 2.75) is 90.1 Å².